The van der Waals surface area contributed by atoms with Gasteiger partial charge in [0.15, 0.2) is 0 Å². The molecule has 2 fully saturated rings. The lowest BCUT2D eigenvalue weighted by Crippen LogP contribution is -2.40. The number of nitrogens with one attached hydrogen (secondary N) is 1. The monoisotopic (exact) mass is 268 g/mol. The molecular weight excluding hydrogens is 240 g/mol. The van der Waals surface area contributed by atoms with Crippen LogP contribution in [0.4, 0.5) is 0 Å². The number of nitrogens with zero attached hydrogens (tertiary/aromatic N) is 1. The smallest absolute Gasteiger partial charge is 0.234 e. The van der Waals surface area contributed by atoms with Crippen LogP contribution in [0.3, 0.4) is 0 Å². The molecule has 0 spiro atoms. The first kappa shape index (κ1) is 14.8. The van der Waals surface area contributed by atoms with Crippen LogP contribution in [0.15, 0.2) is 0 Å². The largest absolute Gasteiger partial charge is 0.381 e. The number of carbonyl (C=O) groups excluding carboxylic acids is 1. The van der Waals surface area contributed by atoms with Gasteiger partial charge >= 0.3 is 0 Å². The first-order valence-corrected chi connectivity index (χ1v) is 7.80. The molecule has 2 aliphatic rings. The van der Waals surface area contributed by atoms with Crippen LogP contribution in [0.5, 0.6) is 0 Å². The summed E-state index contributed by atoms with van der Waals surface area (Å²) in [5.74, 6) is 0.813. The van der Waals surface area contributed by atoms with E-state index in [9.17, 15) is 4.79 Å². The van der Waals surface area contributed by atoms with Crippen LogP contribution in [0, 0.1) is 5.92 Å². The second-order valence-corrected chi connectivity index (χ2v) is 6.08. The van der Waals surface area contributed by atoms with Crippen molar-refractivity contribution in [3.05, 3.63) is 0 Å². The number of rotatable bonds is 6. The van der Waals surface area contributed by atoms with Crippen molar-refractivity contribution in [3.8, 4) is 0 Å². The van der Waals surface area contributed by atoms with E-state index in [4.69, 9.17) is 4.74 Å². The zero-order chi connectivity index (χ0) is 13.5. The fourth-order valence-electron chi connectivity index (χ4n) is 3.21. The van der Waals surface area contributed by atoms with Crippen molar-refractivity contribution in [1.82, 2.24) is 10.2 Å². The first-order chi connectivity index (χ1) is 9.25. The maximum atomic E-state index is 11.9. The summed E-state index contributed by atoms with van der Waals surface area (Å²) in [6.07, 6.45) is 8.61. The van der Waals surface area contributed by atoms with Crippen LogP contribution in [0.1, 0.15) is 44.9 Å². The molecule has 2 rings (SSSR count). The van der Waals surface area contributed by atoms with E-state index in [0.29, 0.717) is 18.5 Å². The summed E-state index contributed by atoms with van der Waals surface area (Å²) < 4.78 is 5.45. The van der Waals surface area contributed by atoms with Gasteiger partial charge in [0.1, 0.15) is 0 Å². The van der Waals surface area contributed by atoms with Crippen molar-refractivity contribution < 1.29 is 9.53 Å². The fourth-order valence-corrected chi connectivity index (χ4v) is 3.21. The average molecular weight is 268 g/mol. The third-order valence-electron chi connectivity index (χ3n) is 4.47. The average Bonchev–Trinajstić information content (AvgIpc) is 2.94. The Bertz CT molecular complexity index is 271. The van der Waals surface area contributed by atoms with Gasteiger partial charge in [-0.05, 0) is 45.1 Å². The van der Waals surface area contributed by atoms with Gasteiger partial charge in [-0.2, -0.15) is 0 Å². The Balaban J connectivity index is 1.56. The Morgan fingerprint density at radius 1 is 1.26 bits per heavy atom. The van der Waals surface area contributed by atoms with Gasteiger partial charge in [-0.1, -0.05) is 12.8 Å². The molecule has 0 radical (unpaired) electrons. The molecule has 1 atom stereocenters. The van der Waals surface area contributed by atoms with Gasteiger partial charge in [-0.3, -0.25) is 9.69 Å². The highest BCUT2D eigenvalue weighted by atomic mass is 16.5. The quantitative estimate of drug-likeness (QED) is 0.798. The molecule has 1 heterocycles. The zero-order valence-corrected chi connectivity index (χ0v) is 12.2. The van der Waals surface area contributed by atoms with Gasteiger partial charge in [0.25, 0.3) is 0 Å². The molecule has 1 aliphatic heterocycles. The third kappa shape index (κ3) is 5.11. The van der Waals surface area contributed by atoms with Crippen molar-refractivity contribution in [2.45, 2.75) is 51.0 Å². The molecule has 110 valence electrons. The highest BCUT2D eigenvalue weighted by Gasteiger charge is 2.21. The predicted octanol–water partition coefficient (Wildman–Crippen LogP) is 1.79. The fraction of sp³-hybridized carbons (Fsp3) is 0.933. The lowest BCUT2D eigenvalue weighted by atomic mass is 9.99. The molecule has 4 nitrogen and oxygen atoms in total. The molecule has 0 aromatic carbocycles. The Kier molecular flexibility index (Phi) is 6.11. The Labute approximate surface area is 116 Å². The number of carbonyl (C=O) groups is 1. The van der Waals surface area contributed by atoms with Crippen LogP contribution >= 0.6 is 0 Å². The Morgan fingerprint density at radius 3 is 2.74 bits per heavy atom. The molecule has 1 aliphatic carbocycles. The van der Waals surface area contributed by atoms with Crippen LogP contribution < -0.4 is 5.32 Å². The van der Waals surface area contributed by atoms with Gasteiger partial charge in [0.05, 0.1) is 6.54 Å². The molecule has 0 aromatic rings. The molecule has 0 aromatic heterocycles. The maximum absolute atomic E-state index is 11.9. The summed E-state index contributed by atoms with van der Waals surface area (Å²) in [7, 11) is 2.07. The minimum atomic E-state index is 0.172. The van der Waals surface area contributed by atoms with Gasteiger partial charge in [0.2, 0.25) is 5.91 Å². The predicted molar refractivity (Wildman–Crippen MR) is 76.1 cm³/mol. The molecule has 4 heteroatoms. The maximum Gasteiger partial charge on any atom is 0.234 e. The standard InChI is InChI=1S/C15H28N2O2/c1-17(14-6-2-3-7-14)11-15(18)16-9-8-13-5-4-10-19-12-13/h13-14H,2-12H2,1H3,(H,16,18). The summed E-state index contributed by atoms with van der Waals surface area (Å²) in [6.45, 7) is 3.13. The van der Waals surface area contributed by atoms with Gasteiger partial charge in [-0.15, -0.1) is 0 Å². The number of ether oxygens (including phenoxy) is 1. The second kappa shape index (κ2) is 7.85. The number of hydrogen-bond acceptors (Lipinski definition) is 3. The second-order valence-electron chi connectivity index (χ2n) is 6.08. The van der Waals surface area contributed by atoms with E-state index in [1.54, 1.807) is 0 Å². The van der Waals surface area contributed by atoms with E-state index in [0.717, 1.165) is 26.2 Å². The topological polar surface area (TPSA) is 41.6 Å². The van der Waals surface area contributed by atoms with E-state index >= 15 is 0 Å². The molecule has 1 saturated heterocycles. The molecule has 0 bridgehead atoms. The summed E-state index contributed by atoms with van der Waals surface area (Å²) in [4.78, 5) is 14.1. The molecule has 1 saturated carbocycles. The third-order valence-corrected chi connectivity index (χ3v) is 4.47. The van der Waals surface area contributed by atoms with Gasteiger partial charge in [0, 0.05) is 25.8 Å². The summed E-state index contributed by atoms with van der Waals surface area (Å²) >= 11 is 0. The van der Waals surface area contributed by atoms with Crippen LogP contribution in [-0.2, 0) is 9.53 Å². The van der Waals surface area contributed by atoms with E-state index in [-0.39, 0.29) is 5.91 Å². The van der Waals surface area contributed by atoms with Crippen molar-refractivity contribution in [1.29, 1.82) is 0 Å². The SMILES string of the molecule is CN(CC(=O)NCCC1CCCOC1)C1CCCC1. The minimum Gasteiger partial charge on any atom is -0.381 e. The van der Waals surface area contributed by atoms with Crippen molar-refractivity contribution in [3.63, 3.8) is 0 Å². The number of hydrogen-bond donors (Lipinski definition) is 1. The van der Waals surface area contributed by atoms with E-state index in [2.05, 4.69) is 17.3 Å². The normalized spacial score (nSPS) is 24.8. The summed E-state index contributed by atoms with van der Waals surface area (Å²) in [6, 6.07) is 0.623. The van der Waals surface area contributed by atoms with Crippen LogP contribution in [0.25, 0.3) is 0 Å². The molecule has 19 heavy (non-hydrogen) atoms. The number of amides is 1. The van der Waals surface area contributed by atoms with E-state index in [1.807, 2.05) is 0 Å². The van der Waals surface area contributed by atoms with Crippen molar-refractivity contribution >= 4 is 5.91 Å². The zero-order valence-electron chi connectivity index (χ0n) is 12.2. The lowest BCUT2D eigenvalue weighted by molar-refractivity contribution is -0.122. The molecular formula is C15H28N2O2. The van der Waals surface area contributed by atoms with Gasteiger partial charge in [-0.25, -0.2) is 0 Å². The van der Waals surface area contributed by atoms with Crippen molar-refractivity contribution in [2.24, 2.45) is 5.92 Å². The van der Waals surface area contributed by atoms with E-state index < -0.39 is 0 Å². The summed E-state index contributed by atoms with van der Waals surface area (Å²) in [5, 5.41) is 3.05. The Hall–Kier alpha value is -0.610. The lowest BCUT2D eigenvalue weighted by Gasteiger charge is -2.24. The minimum absolute atomic E-state index is 0.172. The first-order valence-electron chi connectivity index (χ1n) is 7.80. The highest BCUT2D eigenvalue weighted by molar-refractivity contribution is 5.77. The van der Waals surface area contributed by atoms with Crippen LogP contribution in [-0.4, -0.2) is 50.2 Å². The summed E-state index contributed by atoms with van der Waals surface area (Å²) in [5.41, 5.74) is 0. The molecule has 1 amide bonds. The van der Waals surface area contributed by atoms with Crippen LogP contribution in [0.2, 0.25) is 0 Å². The molecule has 1 N–H and O–H groups in total. The van der Waals surface area contributed by atoms with Gasteiger partial charge < -0.3 is 10.1 Å². The number of likely N-dealkylation sites (N-methyl/N-ethyl adjacent to an activating group) is 1. The Morgan fingerprint density at radius 2 is 2.05 bits per heavy atom. The highest BCUT2D eigenvalue weighted by Crippen LogP contribution is 2.22. The van der Waals surface area contributed by atoms with E-state index in [1.165, 1.54) is 38.5 Å². The van der Waals surface area contributed by atoms with Crippen molar-refractivity contribution in [2.75, 3.05) is 33.4 Å². The molecule has 1 unspecified atom stereocenters.